The average molecular weight is 350 g/mol. The van der Waals surface area contributed by atoms with Crippen molar-refractivity contribution in [3.05, 3.63) is 33.8 Å². The Morgan fingerprint density at radius 2 is 1.95 bits per heavy atom. The molecule has 0 aliphatic heterocycles. The molecular formula is C15H22BrF2NO. The fourth-order valence-electron chi connectivity index (χ4n) is 2.35. The topological polar surface area (TPSA) is 21.3 Å². The van der Waals surface area contributed by atoms with Gasteiger partial charge in [0.1, 0.15) is 11.6 Å². The fourth-order valence-corrected chi connectivity index (χ4v) is 2.70. The highest BCUT2D eigenvalue weighted by Gasteiger charge is 2.37. The van der Waals surface area contributed by atoms with Gasteiger partial charge in [-0.3, -0.25) is 0 Å². The van der Waals surface area contributed by atoms with Gasteiger partial charge in [-0.1, -0.05) is 13.8 Å². The van der Waals surface area contributed by atoms with Crippen molar-refractivity contribution in [2.45, 2.75) is 45.8 Å². The number of hydrogen-bond acceptors (Lipinski definition) is 2. The van der Waals surface area contributed by atoms with Gasteiger partial charge < -0.3 is 10.1 Å². The molecule has 0 saturated heterocycles. The van der Waals surface area contributed by atoms with Crippen LogP contribution in [0.15, 0.2) is 16.6 Å². The van der Waals surface area contributed by atoms with Gasteiger partial charge in [-0.15, -0.1) is 0 Å². The highest BCUT2D eigenvalue weighted by atomic mass is 79.9. The summed E-state index contributed by atoms with van der Waals surface area (Å²) in [7, 11) is 0. The molecular weight excluding hydrogens is 328 g/mol. The van der Waals surface area contributed by atoms with Crippen molar-refractivity contribution in [3.8, 4) is 0 Å². The van der Waals surface area contributed by atoms with Crippen molar-refractivity contribution in [2.75, 3.05) is 13.2 Å². The maximum atomic E-state index is 14.4. The van der Waals surface area contributed by atoms with E-state index in [0.717, 1.165) is 0 Å². The van der Waals surface area contributed by atoms with E-state index in [9.17, 15) is 8.78 Å². The third-order valence-corrected chi connectivity index (χ3v) is 4.18. The van der Waals surface area contributed by atoms with Crippen LogP contribution in [0.5, 0.6) is 0 Å². The molecule has 0 fully saturated rings. The molecule has 2 nitrogen and oxygen atoms in total. The number of rotatable bonds is 7. The van der Waals surface area contributed by atoms with E-state index in [2.05, 4.69) is 21.2 Å². The molecule has 1 aromatic carbocycles. The van der Waals surface area contributed by atoms with Gasteiger partial charge in [0.05, 0.1) is 16.1 Å². The largest absolute Gasteiger partial charge is 0.374 e. The lowest BCUT2D eigenvalue weighted by atomic mass is 9.87. The summed E-state index contributed by atoms with van der Waals surface area (Å²) in [6.45, 7) is 8.70. The van der Waals surface area contributed by atoms with Gasteiger partial charge in [0.2, 0.25) is 0 Å². The van der Waals surface area contributed by atoms with E-state index >= 15 is 0 Å². The molecule has 0 heterocycles. The van der Waals surface area contributed by atoms with Crippen LogP contribution in [0.3, 0.4) is 0 Å². The van der Waals surface area contributed by atoms with Gasteiger partial charge in [0.25, 0.3) is 0 Å². The Kier molecular flexibility index (Phi) is 6.55. The van der Waals surface area contributed by atoms with Crippen LogP contribution in [0.4, 0.5) is 8.78 Å². The van der Waals surface area contributed by atoms with E-state index in [1.807, 2.05) is 27.7 Å². The van der Waals surface area contributed by atoms with Crippen molar-refractivity contribution >= 4 is 15.9 Å². The van der Waals surface area contributed by atoms with Gasteiger partial charge in [-0.2, -0.15) is 0 Å². The van der Waals surface area contributed by atoms with E-state index in [0.29, 0.717) is 19.6 Å². The Morgan fingerprint density at radius 3 is 2.45 bits per heavy atom. The van der Waals surface area contributed by atoms with E-state index in [-0.39, 0.29) is 10.0 Å². The molecule has 1 aromatic rings. The summed E-state index contributed by atoms with van der Waals surface area (Å²) in [5, 5.41) is 3.16. The molecule has 0 radical (unpaired) electrons. The van der Waals surface area contributed by atoms with E-state index < -0.39 is 23.3 Å². The quantitative estimate of drug-likeness (QED) is 0.727. The average Bonchev–Trinajstić information content (AvgIpc) is 2.42. The Hall–Kier alpha value is -0.520. The number of hydrogen-bond donors (Lipinski definition) is 1. The van der Waals surface area contributed by atoms with E-state index in [4.69, 9.17) is 4.74 Å². The predicted octanol–water partition coefficient (Wildman–Crippen LogP) is 4.58. The number of ether oxygens (including phenoxy) is 1. The van der Waals surface area contributed by atoms with Crippen LogP contribution >= 0.6 is 15.9 Å². The molecule has 0 aliphatic rings. The Morgan fingerprint density at radius 1 is 1.30 bits per heavy atom. The zero-order valence-electron chi connectivity index (χ0n) is 12.4. The molecule has 2 atom stereocenters. The zero-order chi connectivity index (χ0) is 15.3. The zero-order valence-corrected chi connectivity index (χ0v) is 14.0. The fraction of sp³-hybridized carbons (Fsp3) is 0.600. The minimum Gasteiger partial charge on any atom is -0.374 e. The van der Waals surface area contributed by atoms with Crippen LogP contribution in [-0.4, -0.2) is 18.8 Å². The highest BCUT2D eigenvalue weighted by Crippen LogP contribution is 2.36. The molecule has 114 valence electrons. The van der Waals surface area contributed by atoms with Crippen molar-refractivity contribution in [3.63, 3.8) is 0 Å². The number of likely N-dealkylation sites (N-methyl/N-ethyl adjacent to an activating group) is 1. The van der Waals surface area contributed by atoms with E-state index in [1.54, 1.807) is 0 Å². The van der Waals surface area contributed by atoms with Crippen LogP contribution in [0.1, 0.15) is 45.7 Å². The van der Waals surface area contributed by atoms with Crippen molar-refractivity contribution in [1.82, 2.24) is 5.32 Å². The molecule has 1 rings (SSSR count). The minimum atomic E-state index is -0.673. The number of benzene rings is 1. The highest BCUT2D eigenvalue weighted by molar-refractivity contribution is 9.10. The van der Waals surface area contributed by atoms with Crippen LogP contribution in [0, 0.1) is 11.6 Å². The van der Waals surface area contributed by atoms with Crippen molar-refractivity contribution in [1.29, 1.82) is 0 Å². The summed E-state index contributed by atoms with van der Waals surface area (Å²) in [4.78, 5) is 0. The second-order valence-corrected chi connectivity index (χ2v) is 5.70. The van der Waals surface area contributed by atoms with Gasteiger partial charge in [0, 0.05) is 12.2 Å². The van der Waals surface area contributed by atoms with Gasteiger partial charge in [0.15, 0.2) is 0 Å². The summed E-state index contributed by atoms with van der Waals surface area (Å²) in [5.41, 5.74) is -0.647. The lowest BCUT2D eigenvalue weighted by molar-refractivity contribution is -0.0575. The lowest BCUT2D eigenvalue weighted by Gasteiger charge is -2.38. The first-order valence-electron chi connectivity index (χ1n) is 6.91. The molecule has 20 heavy (non-hydrogen) atoms. The molecule has 0 aliphatic carbocycles. The van der Waals surface area contributed by atoms with Crippen molar-refractivity contribution < 1.29 is 13.5 Å². The smallest absolute Gasteiger partial charge is 0.145 e. The predicted molar refractivity (Wildman–Crippen MR) is 80.8 cm³/mol. The van der Waals surface area contributed by atoms with Crippen LogP contribution < -0.4 is 5.32 Å². The summed E-state index contributed by atoms with van der Waals surface area (Å²) in [6.07, 6.45) is 0.643. The number of nitrogens with one attached hydrogen (secondary N) is 1. The molecule has 2 unspecified atom stereocenters. The van der Waals surface area contributed by atoms with Gasteiger partial charge in [-0.05, 0) is 54.9 Å². The van der Waals surface area contributed by atoms with Crippen LogP contribution in [0.25, 0.3) is 0 Å². The molecule has 0 aromatic heterocycles. The molecule has 5 heteroatoms. The first-order chi connectivity index (χ1) is 9.41. The van der Waals surface area contributed by atoms with Crippen LogP contribution in [0.2, 0.25) is 0 Å². The summed E-state index contributed by atoms with van der Waals surface area (Å²) in [6, 6.07) is 2.10. The summed E-state index contributed by atoms with van der Waals surface area (Å²) in [5.74, 6) is -1.13. The first kappa shape index (κ1) is 17.5. The minimum absolute atomic E-state index is 0.0269. The van der Waals surface area contributed by atoms with Gasteiger partial charge in [-0.25, -0.2) is 8.78 Å². The van der Waals surface area contributed by atoms with Crippen molar-refractivity contribution in [2.24, 2.45) is 0 Å². The molecule has 0 saturated carbocycles. The van der Waals surface area contributed by atoms with Crippen LogP contribution in [-0.2, 0) is 4.74 Å². The first-order valence-corrected chi connectivity index (χ1v) is 7.71. The maximum Gasteiger partial charge on any atom is 0.145 e. The Labute approximate surface area is 128 Å². The molecule has 0 amide bonds. The van der Waals surface area contributed by atoms with Gasteiger partial charge >= 0.3 is 0 Å². The molecule has 0 bridgehead atoms. The monoisotopic (exact) mass is 349 g/mol. The maximum absolute atomic E-state index is 14.4. The molecule has 1 N–H and O–H groups in total. The second kappa shape index (κ2) is 7.48. The standard InChI is InChI=1S/C15H22BrF2NO/c1-5-15(4,20-7-3)14(19-6-2)12-11(17)9-8-10(16)13(12)18/h8-9,14,19H,5-7H2,1-4H3. The Balaban J connectivity index is 3.37. The van der Waals surface area contributed by atoms with E-state index in [1.165, 1.54) is 12.1 Å². The lowest BCUT2D eigenvalue weighted by Crippen LogP contribution is -2.44. The SMILES string of the molecule is CCNC(c1c(F)ccc(Br)c1F)C(C)(CC)OCC. The third-order valence-electron chi connectivity index (χ3n) is 3.56. The third kappa shape index (κ3) is 3.57. The summed E-state index contributed by atoms with van der Waals surface area (Å²) >= 11 is 3.12. The summed E-state index contributed by atoms with van der Waals surface area (Å²) < 4.78 is 34.6. The normalized spacial score (nSPS) is 15.9. The molecule has 0 spiro atoms. The second-order valence-electron chi connectivity index (χ2n) is 4.85. The number of halogens is 3. The Bertz CT molecular complexity index is 456.